The van der Waals surface area contributed by atoms with Crippen LogP contribution in [0.25, 0.3) is 6.08 Å². The summed E-state index contributed by atoms with van der Waals surface area (Å²) < 4.78 is 23.1. The summed E-state index contributed by atoms with van der Waals surface area (Å²) in [5.74, 6) is -1.41. The number of carbonyl (C=O) groups excluding carboxylic acids is 2. The van der Waals surface area contributed by atoms with Crippen LogP contribution >= 0.6 is 0 Å². The molecule has 1 aliphatic rings. The van der Waals surface area contributed by atoms with E-state index in [2.05, 4.69) is 5.32 Å². The first kappa shape index (κ1) is 16.2. The van der Waals surface area contributed by atoms with E-state index < -0.39 is 5.97 Å². The van der Waals surface area contributed by atoms with Crippen molar-refractivity contribution in [2.75, 3.05) is 19.8 Å². The average molecular weight is 307 g/mol. The molecule has 1 heterocycles. The minimum atomic E-state index is -0.656. The van der Waals surface area contributed by atoms with Crippen molar-refractivity contribution >= 4 is 18.0 Å². The van der Waals surface area contributed by atoms with E-state index in [4.69, 9.17) is 9.47 Å². The van der Waals surface area contributed by atoms with Crippen LogP contribution in [0.5, 0.6) is 0 Å². The van der Waals surface area contributed by atoms with Crippen LogP contribution in [0.15, 0.2) is 30.3 Å². The second-order valence-corrected chi connectivity index (χ2v) is 4.94. The van der Waals surface area contributed by atoms with Crippen LogP contribution in [0, 0.1) is 5.82 Å². The summed E-state index contributed by atoms with van der Waals surface area (Å²) in [7, 11) is 0. The van der Waals surface area contributed by atoms with Gasteiger partial charge in [-0.3, -0.25) is 4.79 Å². The smallest absolute Gasteiger partial charge is 0.331 e. The summed E-state index contributed by atoms with van der Waals surface area (Å²) >= 11 is 0. The molecule has 118 valence electrons. The first-order chi connectivity index (χ1) is 10.6. The molecule has 1 aromatic carbocycles. The molecular formula is C16H18FNO4. The van der Waals surface area contributed by atoms with Crippen molar-refractivity contribution in [3.63, 3.8) is 0 Å². The normalized spacial score (nSPS) is 17.6. The highest BCUT2D eigenvalue weighted by molar-refractivity contribution is 5.89. The summed E-state index contributed by atoms with van der Waals surface area (Å²) in [6.45, 7) is 0.801. The molecule has 0 unspecified atom stereocenters. The Kier molecular flexibility index (Phi) is 6.09. The van der Waals surface area contributed by atoms with Gasteiger partial charge < -0.3 is 14.8 Å². The van der Waals surface area contributed by atoms with Gasteiger partial charge in [0.05, 0.1) is 6.10 Å². The fraction of sp³-hybridized carbons (Fsp3) is 0.375. The number of amides is 1. The largest absolute Gasteiger partial charge is 0.452 e. The summed E-state index contributed by atoms with van der Waals surface area (Å²) in [4.78, 5) is 23.0. The number of benzene rings is 1. The van der Waals surface area contributed by atoms with Gasteiger partial charge in [0.1, 0.15) is 5.82 Å². The number of carbonyl (C=O) groups is 2. The van der Waals surface area contributed by atoms with Crippen LogP contribution in [0.4, 0.5) is 4.39 Å². The minimum Gasteiger partial charge on any atom is -0.452 e. The topological polar surface area (TPSA) is 64.6 Å². The SMILES string of the molecule is O=C(COC(=O)/C=C/c1cccc(F)c1)NC[C@@H]1CCCO1. The summed E-state index contributed by atoms with van der Waals surface area (Å²) in [6, 6.07) is 5.80. The van der Waals surface area contributed by atoms with Gasteiger partial charge in [0.25, 0.3) is 5.91 Å². The number of hydrogen-bond donors (Lipinski definition) is 1. The van der Waals surface area contributed by atoms with Crippen LogP contribution in [-0.4, -0.2) is 37.7 Å². The molecule has 1 N–H and O–H groups in total. The summed E-state index contributed by atoms with van der Waals surface area (Å²) in [6.07, 6.45) is 4.56. The molecule has 1 fully saturated rings. The molecule has 1 aliphatic heterocycles. The van der Waals surface area contributed by atoms with Gasteiger partial charge in [-0.05, 0) is 36.6 Å². The van der Waals surface area contributed by atoms with Crippen molar-refractivity contribution in [3.8, 4) is 0 Å². The molecule has 5 nitrogen and oxygen atoms in total. The molecule has 22 heavy (non-hydrogen) atoms. The Morgan fingerprint density at radius 2 is 2.32 bits per heavy atom. The lowest BCUT2D eigenvalue weighted by Crippen LogP contribution is -2.34. The molecular weight excluding hydrogens is 289 g/mol. The van der Waals surface area contributed by atoms with Gasteiger partial charge in [0, 0.05) is 19.2 Å². The van der Waals surface area contributed by atoms with Gasteiger partial charge in [0.15, 0.2) is 6.61 Å². The highest BCUT2D eigenvalue weighted by Gasteiger charge is 2.16. The van der Waals surface area contributed by atoms with Crippen LogP contribution in [0.3, 0.4) is 0 Å². The third-order valence-corrected chi connectivity index (χ3v) is 3.16. The Labute approximate surface area is 128 Å². The van der Waals surface area contributed by atoms with Gasteiger partial charge in [0.2, 0.25) is 0 Å². The number of esters is 1. The molecule has 1 aromatic rings. The van der Waals surface area contributed by atoms with Gasteiger partial charge in [-0.2, -0.15) is 0 Å². The third-order valence-electron chi connectivity index (χ3n) is 3.16. The molecule has 0 saturated carbocycles. The van der Waals surface area contributed by atoms with Crippen LogP contribution in [0.1, 0.15) is 18.4 Å². The minimum absolute atomic E-state index is 0.0486. The van der Waals surface area contributed by atoms with Gasteiger partial charge in [-0.25, -0.2) is 9.18 Å². The predicted octanol–water partition coefficient (Wildman–Crippen LogP) is 1.68. The third kappa shape index (κ3) is 5.65. The van der Waals surface area contributed by atoms with Crippen molar-refractivity contribution in [2.24, 2.45) is 0 Å². The lowest BCUT2D eigenvalue weighted by Gasteiger charge is -2.10. The lowest BCUT2D eigenvalue weighted by atomic mass is 10.2. The zero-order valence-electron chi connectivity index (χ0n) is 12.1. The molecule has 1 amide bonds. The van der Waals surface area contributed by atoms with Crippen molar-refractivity contribution in [1.82, 2.24) is 5.32 Å². The molecule has 6 heteroatoms. The monoisotopic (exact) mass is 307 g/mol. The number of nitrogens with one attached hydrogen (secondary N) is 1. The standard InChI is InChI=1S/C16H18FNO4/c17-13-4-1-3-12(9-13)6-7-16(20)22-11-15(19)18-10-14-5-2-8-21-14/h1,3-4,6-7,9,14H,2,5,8,10-11H2,(H,18,19)/b7-6+/t14-/m0/s1. The Bertz CT molecular complexity index is 553. The maximum absolute atomic E-state index is 12.9. The zero-order valence-corrected chi connectivity index (χ0v) is 12.1. The summed E-state index contributed by atoms with van der Waals surface area (Å²) in [5, 5.41) is 2.65. The Balaban J connectivity index is 1.67. The van der Waals surface area contributed by atoms with E-state index >= 15 is 0 Å². The van der Waals surface area contributed by atoms with Gasteiger partial charge >= 0.3 is 5.97 Å². The van der Waals surface area contributed by atoms with Crippen LogP contribution in [-0.2, 0) is 19.1 Å². The molecule has 1 saturated heterocycles. The summed E-state index contributed by atoms with van der Waals surface area (Å²) in [5.41, 5.74) is 0.541. The van der Waals surface area contributed by atoms with Crippen molar-refractivity contribution in [1.29, 1.82) is 0 Å². The second-order valence-electron chi connectivity index (χ2n) is 4.94. The molecule has 0 radical (unpaired) electrons. The average Bonchev–Trinajstić information content (AvgIpc) is 3.02. The van der Waals surface area contributed by atoms with E-state index in [1.54, 1.807) is 12.1 Å². The second kappa shape index (κ2) is 8.29. The van der Waals surface area contributed by atoms with E-state index in [0.717, 1.165) is 25.5 Å². The number of halogens is 1. The molecule has 0 bridgehead atoms. The maximum Gasteiger partial charge on any atom is 0.331 e. The van der Waals surface area contributed by atoms with E-state index in [1.807, 2.05) is 0 Å². The maximum atomic E-state index is 12.9. The van der Waals surface area contributed by atoms with E-state index in [-0.39, 0.29) is 24.4 Å². The molecule has 0 spiro atoms. The van der Waals surface area contributed by atoms with Gasteiger partial charge in [-0.15, -0.1) is 0 Å². The van der Waals surface area contributed by atoms with Crippen LogP contribution < -0.4 is 5.32 Å². The Hall–Kier alpha value is -2.21. The Morgan fingerprint density at radius 1 is 1.45 bits per heavy atom. The lowest BCUT2D eigenvalue weighted by molar-refractivity contribution is -0.143. The predicted molar refractivity (Wildman–Crippen MR) is 78.4 cm³/mol. The fourth-order valence-electron chi connectivity index (χ4n) is 2.04. The van der Waals surface area contributed by atoms with Gasteiger partial charge in [-0.1, -0.05) is 12.1 Å². The molecule has 0 aromatic heterocycles. The van der Waals surface area contributed by atoms with Crippen molar-refractivity contribution in [2.45, 2.75) is 18.9 Å². The Morgan fingerprint density at radius 3 is 3.05 bits per heavy atom. The first-order valence-electron chi connectivity index (χ1n) is 7.12. The number of hydrogen-bond acceptors (Lipinski definition) is 4. The highest BCUT2D eigenvalue weighted by Crippen LogP contribution is 2.10. The first-order valence-corrected chi connectivity index (χ1v) is 7.12. The zero-order chi connectivity index (χ0) is 15.8. The van der Waals surface area contributed by atoms with E-state index in [1.165, 1.54) is 18.2 Å². The molecule has 1 atom stereocenters. The fourth-order valence-corrected chi connectivity index (χ4v) is 2.04. The van der Waals surface area contributed by atoms with Crippen molar-refractivity contribution in [3.05, 3.63) is 41.7 Å². The van der Waals surface area contributed by atoms with Crippen molar-refractivity contribution < 1.29 is 23.5 Å². The van der Waals surface area contributed by atoms with E-state index in [9.17, 15) is 14.0 Å². The highest BCUT2D eigenvalue weighted by atomic mass is 19.1. The molecule has 2 rings (SSSR count). The molecule has 0 aliphatic carbocycles. The van der Waals surface area contributed by atoms with E-state index in [0.29, 0.717) is 12.1 Å². The van der Waals surface area contributed by atoms with Crippen LogP contribution in [0.2, 0.25) is 0 Å². The number of rotatable bonds is 6. The number of ether oxygens (including phenoxy) is 2. The quantitative estimate of drug-likeness (QED) is 0.641.